The van der Waals surface area contributed by atoms with Gasteiger partial charge in [0.2, 0.25) is 0 Å². The van der Waals surface area contributed by atoms with Gasteiger partial charge in [0, 0.05) is 17.5 Å². The van der Waals surface area contributed by atoms with Gasteiger partial charge < -0.3 is 9.73 Å². The first-order chi connectivity index (χ1) is 8.36. The number of carbonyl (C=O) groups excluding carboxylic acids is 1. The van der Waals surface area contributed by atoms with Crippen LogP contribution in [0.5, 0.6) is 0 Å². The standard InChI is InChI=1S/C14H22ClNO2/c1-8(2)6-12(7-15)16-14(17)13-9(3)10(4)18-11(13)5/h8,12H,6-7H2,1-5H3,(H,16,17). The summed E-state index contributed by atoms with van der Waals surface area (Å²) in [5, 5.41) is 2.98. The number of nitrogens with one attached hydrogen (secondary N) is 1. The van der Waals surface area contributed by atoms with Crippen molar-refractivity contribution in [3.05, 3.63) is 22.6 Å². The van der Waals surface area contributed by atoms with E-state index in [1.165, 1.54) is 0 Å². The van der Waals surface area contributed by atoms with E-state index in [2.05, 4.69) is 19.2 Å². The molecule has 0 spiro atoms. The molecule has 0 aliphatic rings. The molecule has 0 aromatic carbocycles. The van der Waals surface area contributed by atoms with E-state index in [9.17, 15) is 4.79 Å². The number of amides is 1. The lowest BCUT2D eigenvalue weighted by atomic mass is 10.0. The number of furan rings is 1. The van der Waals surface area contributed by atoms with Gasteiger partial charge >= 0.3 is 0 Å². The molecule has 0 aliphatic heterocycles. The SMILES string of the molecule is Cc1oc(C)c(C(=O)NC(CCl)CC(C)C)c1C. The highest BCUT2D eigenvalue weighted by atomic mass is 35.5. The van der Waals surface area contributed by atoms with Crippen LogP contribution in [0.15, 0.2) is 4.42 Å². The summed E-state index contributed by atoms with van der Waals surface area (Å²) in [6.45, 7) is 9.81. The third kappa shape index (κ3) is 3.52. The first-order valence-electron chi connectivity index (χ1n) is 6.30. The van der Waals surface area contributed by atoms with E-state index in [0.29, 0.717) is 23.1 Å². The zero-order valence-corrected chi connectivity index (χ0v) is 12.5. The fourth-order valence-electron chi connectivity index (χ4n) is 2.11. The molecule has 1 heterocycles. The quantitative estimate of drug-likeness (QED) is 0.832. The van der Waals surface area contributed by atoms with Crippen LogP contribution in [-0.2, 0) is 0 Å². The highest BCUT2D eigenvalue weighted by Crippen LogP contribution is 2.21. The summed E-state index contributed by atoms with van der Waals surface area (Å²) in [5.41, 5.74) is 1.55. The molecule has 4 heteroatoms. The number of hydrogen-bond acceptors (Lipinski definition) is 2. The van der Waals surface area contributed by atoms with Crippen LogP contribution in [0.1, 0.15) is 47.7 Å². The topological polar surface area (TPSA) is 42.2 Å². The summed E-state index contributed by atoms with van der Waals surface area (Å²) in [4.78, 5) is 12.2. The lowest BCUT2D eigenvalue weighted by Gasteiger charge is -2.18. The number of aryl methyl sites for hydroxylation is 2. The first kappa shape index (κ1) is 15.1. The van der Waals surface area contributed by atoms with Crippen molar-refractivity contribution in [1.82, 2.24) is 5.32 Å². The molecule has 0 radical (unpaired) electrons. The van der Waals surface area contributed by atoms with Crippen molar-refractivity contribution in [3.8, 4) is 0 Å². The van der Waals surface area contributed by atoms with E-state index in [1.807, 2.05) is 20.8 Å². The van der Waals surface area contributed by atoms with Gasteiger partial charge in [0.15, 0.2) is 0 Å². The van der Waals surface area contributed by atoms with E-state index < -0.39 is 0 Å². The van der Waals surface area contributed by atoms with Gasteiger partial charge in [-0.1, -0.05) is 13.8 Å². The molecule has 0 fully saturated rings. The second kappa shape index (κ2) is 6.28. The smallest absolute Gasteiger partial charge is 0.255 e. The third-order valence-corrected chi connectivity index (χ3v) is 3.44. The zero-order valence-electron chi connectivity index (χ0n) is 11.8. The lowest BCUT2D eigenvalue weighted by molar-refractivity contribution is 0.0934. The van der Waals surface area contributed by atoms with Gasteiger partial charge in [0.1, 0.15) is 11.5 Å². The van der Waals surface area contributed by atoms with E-state index >= 15 is 0 Å². The number of halogens is 1. The van der Waals surface area contributed by atoms with Crippen LogP contribution in [0.25, 0.3) is 0 Å². The molecule has 1 aromatic rings. The fourth-order valence-corrected chi connectivity index (χ4v) is 2.32. The first-order valence-corrected chi connectivity index (χ1v) is 6.83. The van der Waals surface area contributed by atoms with Crippen molar-refractivity contribution in [2.24, 2.45) is 5.92 Å². The van der Waals surface area contributed by atoms with Crippen LogP contribution in [0.2, 0.25) is 0 Å². The van der Waals surface area contributed by atoms with Crippen molar-refractivity contribution in [2.75, 3.05) is 5.88 Å². The van der Waals surface area contributed by atoms with Crippen LogP contribution in [-0.4, -0.2) is 17.8 Å². The van der Waals surface area contributed by atoms with Gasteiger partial charge in [0.05, 0.1) is 5.56 Å². The van der Waals surface area contributed by atoms with Gasteiger partial charge in [-0.3, -0.25) is 4.79 Å². The average Bonchev–Trinajstić information content (AvgIpc) is 2.51. The normalized spacial score (nSPS) is 12.8. The largest absolute Gasteiger partial charge is 0.466 e. The molecule has 1 unspecified atom stereocenters. The molecule has 0 bridgehead atoms. The van der Waals surface area contributed by atoms with Crippen LogP contribution in [0, 0.1) is 26.7 Å². The molecule has 0 saturated heterocycles. The minimum Gasteiger partial charge on any atom is -0.466 e. The molecule has 102 valence electrons. The molecule has 1 amide bonds. The summed E-state index contributed by atoms with van der Waals surface area (Å²) >= 11 is 5.89. The van der Waals surface area contributed by atoms with Gasteiger partial charge in [-0.05, 0) is 33.1 Å². The number of hydrogen-bond donors (Lipinski definition) is 1. The molecule has 18 heavy (non-hydrogen) atoms. The predicted octanol–water partition coefficient (Wildman–Crippen LogP) is 3.59. The number of alkyl halides is 1. The molecular formula is C14H22ClNO2. The number of carbonyl (C=O) groups is 1. The molecule has 0 aliphatic carbocycles. The fraction of sp³-hybridized carbons (Fsp3) is 0.643. The minimum atomic E-state index is -0.0897. The summed E-state index contributed by atoms with van der Waals surface area (Å²) in [6, 6.07) is 0.00757. The van der Waals surface area contributed by atoms with Crippen LogP contribution in [0.4, 0.5) is 0 Å². The van der Waals surface area contributed by atoms with Crippen LogP contribution >= 0.6 is 11.6 Å². The van der Waals surface area contributed by atoms with Crippen molar-refractivity contribution >= 4 is 17.5 Å². The lowest BCUT2D eigenvalue weighted by Crippen LogP contribution is -2.37. The molecule has 1 atom stereocenters. The Kier molecular flexibility index (Phi) is 5.27. The Hall–Kier alpha value is -0.960. The highest BCUT2D eigenvalue weighted by Gasteiger charge is 2.21. The minimum absolute atomic E-state index is 0.00757. The summed E-state index contributed by atoms with van der Waals surface area (Å²) < 4.78 is 5.47. The summed E-state index contributed by atoms with van der Waals surface area (Å²) in [5.74, 6) is 2.30. The van der Waals surface area contributed by atoms with Crippen molar-refractivity contribution < 1.29 is 9.21 Å². The van der Waals surface area contributed by atoms with E-state index in [4.69, 9.17) is 16.0 Å². The molecule has 1 N–H and O–H groups in total. The van der Waals surface area contributed by atoms with Gasteiger partial charge in [-0.2, -0.15) is 0 Å². The van der Waals surface area contributed by atoms with Crippen LogP contribution < -0.4 is 5.32 Å². The maximum atomic E-state index is 12.2. The Bertz CT molecular complexity index is 424. The highest BCUT2D eigenvalue weighted by molar-refractivity contribution is 6.18. The maximum Gasteiger partial charge on any atom is 0.255 e. The Labute approximate surface area is 114 Å². The zero-order chi connectivity index (χ0) is 13.9. The molecule has 1 aromatic heterocycles. The molecule has 0 saturated carbocycles. The summed E-state index contributed by atoms with van der Waals surface area (Å²) in [6.07, 6.45) is 0.879. The number of rotatable bonds is 5. The van der Waals surface area contributed by atoms with Gasteiger partial charge in [-0.15, -0.1) is 11.6 Å². The predicted molar refractivity (Wildman–Crippen MR) is 74.3 cm³/mol. The summed E-state index contributed by atoms with van der Waals surface area (Å²) in [7, 11) is 0. The van der Waals surface area contributed by atoms with Crippen molar-refractivity contribution in [3.63, 3.8) is 0 Å². The second-order valence-corrected chi connectivity index (χ2v) is 5.48. The van der Waals surface area contributed by atoms with E-state index in [1.54, 1.807) is 0 Å². The van der Waals surface area contributed by atoms with Gasteiger partial charge in [0.25, 0.3) is 5.91 Å². The average molecular weight is 272 g/mol. The Morgan fingerprint density at radius 2 is 1.89 bits per heavy atom. The van der Waals surface area contributed by atoms with E-state index in [-0.39, 0.29) is 11.9 Å². The third-order valence-electron chi connectivity index (χ3n) is 3.07. The Morgan fingerprint density at radius 3 is 2.28 bits per heavy atom. The van der Waals surface area contributed by atoms with Gasteiger partial charge in [-0.25, -0.2) is 0 Å². The Balaban J connectivity index is 2.81. The van der Waals surface area contributed by atoms with Crippen LogP contribution in [0.3, 0.4) is 0 Å². The Morgan fingerprint density at radius 1 is 1.28 bits per heavy atom. The maximum absolute atomic E-state index is 12.2. The van der Waals surface area contributed by atoms with E-state index in [0.717, 1.165) is 17.7 Å². The monoisotopic (exact) mass is 271 g/mol. The molecule has 3 nitrogen and oxygen atoms in total. The molecule has 1 rings (SSSR count). The second-order valence-electron chi connectivity index (χ2n) is 5.17. The van der Waals surface area contributed by atoms with Crippen molar-refractivity contribution in [1.29, 1.82) is 0 Å². The van der Waals surface area contributed by atoms with Crippen molar-refractivity contribution in [2.45, 2.75) is 47.1 Å². The molecular weight excluding hydrogens is 250 g/mol.